The van der Waals surface area contributed by atoms with Gasteiger partial charge < -0.3 is 4.90 Å². The summed E-state index contributed by atoms with van der Waals surface area (Å²) in [5, 5.41) is 0. The minimum Gasteiger partial charge on any atom is -0.367 e. The van der Waals surface area contributed by atoms with Gasteiger partial charge in [0.2, 0.25) is 0 Å². The predicted octanol–water partition coefficient (Wildman–Crippen LogP) is 3.76. The molecule has 0 spiro atoms. The van der Waals surface area contributed by atoms with Crippen LogP contribution in [0.25, 0.3) is 0 Å². The molecule has 3 aromatic rings. The van der Waals surface area contributed by atoms with Crippen LogP contribution in [-0.2, 0) is 32.4 Å². The Labute approximate surface area is 176 Å². The van der Waals surface area contributed by atoms with E-state index in [1.807, 2.05) is 30.3 Å². The first-order chi connectivity index (χ1) is 14.5. The van der Waals surface area contributed by atoms with Gasteiger partial charge in [0.25, 0.3) is 0 Å². The van der Waals surface area contributed by atoms with Gasteiger partial charge in [-0.25, -0.2) is 8.42 Å². The van der Waals surface area contributed by atoms with Crippen molar-refractivity contribution in [3.8, 4) is 0 Å². The highest BCUT2D eigenvalue weighted by molar-refractivity contribution is 7.91. The molecular formula is C24H23NO4S. The second-order valence-electron chi connectivity index (χ2n) is 7.24. The Kier molecular flexibility index (Phi) is 7.17. The molecule has 154 valence electrons. The molecule has 1 unspecified atom stereocenters. The van der Waals surface area contributed by atoms with Crippen molar-refractivity contribution in [2.45, 2.75) is 17.9 Å². The van der Waals surface area contributed by atoms with E-state index in [2.05, 4.69) is 35.2 Å². The molecule has 0 fully saturated rings. The first-order valence-electron chi connectivity index (χ1n) is 9.67. The van der Waals surface area contributed by atoms with Gasteiger partial charge in [-0.15, -0.1) is 0 Å². The van der Waals surface area contributed by atoms with Gasteiger partial charge in [0.05, 0.1) is 10.6 Å². The molecule has 0 radical (unpaired) electrons. The van der Waals surface area contributed by atoms with Crippen molar-refractivity contribution in [1.82, 2.24) is 0 Å². The third kappa shape index (κ3) is 5.44. The van der Waals surface area contributed by atoms with Gasteiger partial charge >= 0.3 is 6.15 Å². The van der Waals surface area contributed by atoms with E-state index in [0.717, 1.165) is 19.5 Å². The minimum absolute atomic E-state index is 0.0776. The number of rotatable bonds is 5. The number of para-hydroxylation sites is 1. The van der Waals surface area contributed by atoms with E-state index in [4.69, 9.17) is 9.59 Å². The smallest absolute Gasteiger partial charge is 0.367 e. The summed E-state index contributed by atoms with van der Waals surface area (Å²) in [5.41, 5.74) is 3.68. The van der Waals surface area contributed by atoms with Crippen molar-refractivity contribution in [2.24, 2.45) is 5.92 Å². The lowest BCUT2D eigenvalue weighted by Crippen LogP contribution is -2.38. The Balaban J connectivity index is 0.000000806. The van der Waals surface area contributed by atoms with Gasteiger partial charge in [0.15, 0.2) is 9.84 Å². The fraction of sp³-hybridized carbons (Fsp3) is 0.208. The molecule has 3 aromatic carbocycles. The maximum atomic E-state index is 12.9. The van der Waals surface area contributed by atoms with Crippen LogP contribution in [0.3, 0.4) is 0 Å². The van der Waals surface area contributed by atoms with E-state index in [1.54, 1.807) is 24.3 Å². The van der Waals surface area contributed by atoms with E-state index in [-0.39, 0.29) is 17.8 Å². The van der Waals surface area contributed by atoms with Gasteiger partial charge in [-0.1, -0.05) is 66.7 Å². The van der Waals surface area contributed by atoms with Crippen LogP contribution in [0.15, 0.2) is 89.8 Å². The van der Waals surface area contributed by atoms with E-state index in [9.17, 15) is 8.42 Å². The second-order valence-corrected chi connectivity index (χ2v) is 9.28. The Morgan fingerprint density at radius 2 is 1.40 bits per heavy atom. The van der Waals surface area contributed by atoms with Crippen molar-refractivity contribution in [1.29, 1.82) is 0 Å². The number of benzene rings is 3. The largest absolute Gasteiger partial charge is 0.373 e. The third-order valence-corrected chi connectivity index (χ3v) is 6.99. The van der Waals surface area contributed by atoms with Crippen LogP contribution in [0.1, 0.15) is 11.1 Å². The predicted molar refractivity (Wildman–Crippen MR) is 115 cm³/mol. The summed E-state index contributed by atoms with van der Waals surface area (Å²) < 4.78 is 25.7. The van der Waals surface area contributed by atoms with Crippen LogP contribution < -0.4 is 4.90 Å². The molecule has 0 amide bonds. The summed E-state index contributed by atoms with van der Waals surface area (Å²) in [6.07, 6.45) is 1.05. The maximum Gasteiger partial charge on any atom is 0.373 e. The Morgan fingerprint density at radius 1 is 0.833 bits per heavy atom. The van der Waals surface area contributed by atoms with Crippen LogP contribution in [-0.4, -0.2) is 26.9 Å². The van der Waals surface area contributed by atoms with Crippen molar-refractivity contribution >= 4 is 21.7 Å². The van der Waals surface area contributed by atoms with Crippen molar-refractivity contribution in [2.75, 3.05) is 17.2 Å². The van der Waals surface area contributed by atoms with Crippen LogP contribution >= 0.6 is 0 Å². The molecule has 0 aromatic heterocycles. The molecule has 0 saturated heterocycles. The fourth-order valence-corrected chi connectivity index (χ4v) is 5.49. The van der Waals surface area contributed by atoms with Gasteiger partial charge in [0.1, 0.15) is 0 Å². The van der Waals surface area contributed by atoms with Crippen LogP contribution in [0.2, 0.25) is 0 Å². The molecule has 0 aliphatic carbocycles. The number of sulfone groups is 1. The number of hydrogen-bond acceptors (Lipinski definition) is 5. The summed E-state index contributed by atoms with van der Waals surface area (Å²) in [4.78, 5) is 19.0. The monoisotopic (exact) mass is 421 g/mol. The molecular weight excluding hydrogens is 398 g/mol. The van der Waals surface area contributed by atoms with E-state index in [1.165, 1.54) is 16.8 Å². The second kappa shape index (κ2) is 10.0. The summed E-state index contributed by atoms with van der Waals surface area (Å²) >= 11 is 0. The van der Waals surface area contributed by atoms with Crippen LogP contribution in [0.4, 0.5) is 5.69 Å². The zero-order valence-electron chi connectivity index (χ0n) is 16.5. The Morgan fingerprint density at radius 3 is 2.07 bits per heavy atom. The first-order valence-corrected chi connectivity index (χ1v) is 11.3. The van der Waals surface area contributed by atoms with E-state index in [0.29, 0.717) is 4.90 Å². The summed E-state index contributed by atoms with van der Waals surface area (Å²) in [5.74, 6) is 0.255. The standard InChI is InChI=1S/C23H23NO2S.CO2/c25-27(26,22-12-5-2-6-13-22)18-20-15-21-11-7-8-14-23(21)24(17-20)16-19-9-3-1-4-10-19;2-1-3/h1-14,20H,15-18H2;. The SMILES string of the molecule is O=C=O.O=S(=O)(CC1Cc2ccccc2N(Cc2ccccc2)C1)c1ccccc1. The van der Waals surface area contributed by atoms with Crippen molar-refractivity contribution < 1.29 is 18.0 Å². The average Bonchev–Trinajstić information content (AvgIpc) is 2.75. The Hall–Kier alpha value is -3.21. The Bertz CT molecular complexity index is 1090. The van der Waals surface area contributed by atoms with Gasteiger partial charge in [-0.2, -0.15) is 9.59 Å². The van der Waals surface area contributed by atoms with Crippen molar-refractivity contribution in [3.63, 3.8) is 0 Å². The molecule has 0 saturated carbocycles. The molecule has 5 nitrogen and oxygen atoms in total. The molecule has 1 aliphatic rings. The summed E-state index contributed by atoms with van der Waals surface area (Å²) in [7, 11) is -3.29. The number of carbonyl (C=O) groups excluding carboxylic acids is 2. The van der Waals surface area contributed by atoms with E-state index < -0.39 is 9.84 Å². The molecule has 30 heavy (non-hydrogen) atoms. The van der Waals surface area contributed by atoms with Gasteiger partial charge in [-0.05, 0) is 41.7 Å². The number of fused-ring (bicyclic) bond motifs is 1. The molecule has 0 N–H and O–H groups in total. The molecule has 0 bridgehead atoms. The fourth-order valence-electron chi connectivity index (χ4n) is 3.88. The number of anilines is 1. The third-order valence-electron chi connectivity index (χ3n) is 5.09. The maximum absolute atomic E-state index is 12.9. The van der Waals surface area contributed by atoms with Crippen molar-refractivity contribution in [3.05, 3.63) is 96.1 Å². The average molecular weight is 422 g/mol. The quantitative estimate of drug-likeness (QED) is 0.627. The van der Waals surface area contributed by atoms with E-state index >= 15 is 0 Å². The molecule has 1 heterocycles. The molecule has 4 rings (SSSR count). The number of nitrogens with zero attached hydrogens (tertiary/aromatic N) is 1. The summed E-state index contributed by atoms with van der Waals surface area (Å²) in [6, 6.07) is 27.5. The van der Waals surface area contributed by atoms with Gasteiger partial charge in [0, 0.05) is 18.8 Å². The molecule has 1 atom stereocenters. The lowest BCUT2D eigenvalue weighted by Gasteiger charge is -2.36. The highest BCUT2D eigenvalue weighted by Crippen LogP contribution is 2.32. The molecule has 1 aliphatic heterocycles. The zero-order chi connectivity index (χ0) is 21.4. The topological polar surface area (TPSA) is 71.5 Å². The van der Waals surface area contributed by atoms with Crippen LogP contribution in [0.5, 0.6) is 0 Å². The lowest BCUT2D eigenvalue weighted by molar-refractivity contribution is -0.191. The highest BCUT2D eigenvalue weighted by Gasteiger charge is 2.28. The molecule has 6 heteroatoms. The van der Waals surface area contributed by atoms with Gasteiger partial charge in [-0.3, -0.25) is 0 Å². The minimum atomic E-state index is -3.29. The highest BCUT2D eigenvalue weighted by atomic mass is 32.2. The lowest BCUT2D eigenvalue weighted by atomic mass is 9.93. The normalized spacial score (nSPS) is 15.3. The summed E-state index contributed by atoms with van der Waals surface area (Å²) in [6.45, 7) is 1.54. The number of hydrogen-bond donors (Lipinski definition) is 0. The first kappa shape index (κ1) is 21.5. The van der Waals surface area contributed by atoms with Crippen LogP contribution in [0, 0.1) is 5.92 Å². The zero-order valence-corrected chi connectivity index (χ0v) is 17.3.